The Labute approximate surface area is 93.2 Å². The molecule has 0 aliphatic heterocycles. The van der Waals surface area contributed by atoms with Crippen LogP contribution in [0.3, 0.4) is 0 Å². The minimum absolute atomic E-state index is 0.0483. The lowest BCUT2D eigenvalue weighted by Crippen LogP contribution is -1.96. The summed E-state index contributed by atoms with van der Waals surface area (Å²) in [7, 11) is -1.88. The number of halogens is 1. The number of hydrogen-bond donors (Lipinski definition) is 1. The van der Waals surface area contributed by atoms with E-state index in [1.807, 2.05) is 0 Å². The van der Waals surface area contributed by atoms with Gasteiger partial charge in [0.15, 0.2) is 0 Å². The Balaban J connectivity index is 3.28. The molecule has 0 atom stereocenters. The van der Waals surface area contributed by atoms with Gasteiger partial charge in [-0.25, -0.2) is 8.42 Å². The van der Waals surface area contributed by atoms with Crippen molar-refractivity contribution in [1.82, 2.24) is 0 Å². The summed E-state index contributed by atoms with van der Waals surface area (Å²) in [4.78, 5) is -0.207. The molecule has 0 spiro atoms. The van der Waals surface area contributed by atoms with Crippen LogP contribution in [0.5, 0.6) is 5.75 Å². The third-order valence-corrected chi connectivity index (χ3v) is 3.31. The molecule has 0 N–H and O–H groups in total. The summed E-state index contributed by atoms with van der Waals surface area (Å²) in [5, 5.41) is 0. The molecule has 1 aromatic carbocycles. The standard InChI is InChI=1S/C7H7ClO5S2/c1-5-2-3-6(15(8,11)12)4-7(5)13-14(9)10/h2-4,14H,1H3. The summed E-state index contributed by atoms with van der Waals surface area (Å²) in [5.74, 6) is -0.0483. The van der Waals surface area contributed by atoms with Crippen LogP contribution < -0.4 is 4.18 Å². The summed E-state index contributed by atoms with van der Waals surface area (Å²) in [5.41, 5.74) is 0.498. The molecule has 0 saturated carbocycles. The summed E-state index contributed by atoms with van der Waals surface area (Å²) in [6.07, 6.45) is 0. The molecule has 0 amide bonds. The molecule has 1 aromatic rings. The van der Waals surface area contributed by atoms with Crippen molar-refractivity contribution in [3.8, 4) is 5.75 Å². The van der Waals surface area contributed by atoms with Gasteiger partial charge in [0.05, 0.1) is 4.90 Å². The summed E-state index contributed by atoms with van der Waals surface area (Å²) >= 11 is 0. The van der Waals surface area contributed by atoms with Crippen molar-refractivity contribution in [2.75, 3.05) is 0 Å². The van der Waals surface area contributed by atoms with Crippen LogP contribution in [0.15, 0.2) is 23.1 Å². The van der Waals surface area contributed by atoms with Crippen molar-refractivity contribution in [3.05, 3.63) is 23.8 Å². The lowest BCUT2D eigenvalue weighted by Gasteiger charge is -2.03. The summed E-state index contributed by atoms with van der Waals surface area (Å²) in [6.45, 7) is 1.58. The molecule has 8 heteroatoms. The van der Waals surface area contributed by atoms with Gasteiger partial charge in [-0.1, -0.05) is 6.07 Å². The Morgan fingerprint density at radius 2 is 1.93 bits per heavy atom. The third-order valence-electron chi connectivity index (χ3n) is 1.61. The molecule has 0 aliphatic carbocycles. The van der Waals surface area contributed by atoms with Crippen LogP contribution in [0.1, 0.15) is 5.56 Å². The van der Waals surface area contributed by atoms with E-state index in [9.17, 15) is 16.8 Å². The fourth-order valence-electron chi connectivity index (χ4n) is 0.911. The molecule has 0 unspecified atom stereocenters. The zero-order valence-corrected chi connectivity index (χ0v) is 9.97. The fourth-order valence-corrected chi connectivity index (χ4v) is 2.03. The molecule has 0 heterocycles. The molecule has 1 rings (SSSR count). The molecule has 0 aliphatic rings. The molecular formula is C7H7ClO5S2. The maximum Gasteiger partial charge on any atom is 0.299 e. The van der Waals surface area contributed by atoms with E-state index in [4.69, 9.17) is 10.7 Å². The van der Waals surface area contributed by atoms with Crippen LogP contribution in [0.25, 0.3) is 0 Å². The highest BCUT2D eigenvalue weighted by atomic mass is 35.7. The van der Waals surface area contributed by atoms with Crippen LogP contribution in [-0.4, -0.2) is 16.8 Å². The van der Waals surface area contributed by atoms with Crippen molar-refractivity contribution in [2.45, 2.75) is 11.8 Å². The van der Waals surface area contributed by atoms with E-state index in [0.717, 1.165) is 6.07 Å². The first-order valence-corrected chi connectivity index (χ1v) is 7.09. The number of benzene rings is 1. The maximum absolute atomic E-state index is 10.9. The second-order valence-corrected chi connectivity index (χ2v) is 5.88. The molecule has 15 heavy (non-hydrogen) atoms. The lowest BCUT2D eigenvalue weighted by atomic mass is 10.2. The monoisotopic (exact) mass is 270 g/mol. The number of rotatable bonds is 3. The quantitative estimate of drug-likeness (QED) is 0.650. The van der Waals surface area contributed by atoms with Gasteiger partial charge in [0.25, 0.3) is 20.0 Å². The van der Waals surface area contributed by atoms with Crippen molar-refractivity contribution in [1.29, 1.82) is 0 Å². The van der Waals surface area contributed by atoms with Gasteiger partial charge in [0, 0.05) is 16.7 Å². The van der Waals surface area contributed by atoms with E-state index in [1.54, 1.807) is 6.92 Å². The van der Waals surface area contributed by atoms with E-state index in [1.165, 1.54) is 12.1 Å². The van der Waals surface area contributed by atoms with E-state index >= 15 is 0 Å². The SMILES string of the molecule is Cc1ccc(S(=O)(=O)Cl)cc1O[SH](=O)=O. The first-order valence-electron chi connectivity index (χ1n) is 3.68. The summed E-state index contributed by atoms with van der Waals surface area (Å²) < 4.78 is 46.9. The Morgan fingerprint density at radius 3 is 2.40 bits per heavy atom. The summed E-state index contributed by atoms with van der Waals surface area (Å²) in [6, 6.07) is 3.73. The Bertz CT molecular complexity index is 538. The molecule has 0 radical (unpaired) electrons. The first kappa shape index (κ1) is 12.3. The molecule has 84 valence electrons. The molecular weight excluding hydrogens is 264 g/mol. The molecule has 0 bridgehead atoms. The molecule has 0 aromatic heterocycles. The second kappa shape index (κ2) is 4.38. The van der Waals surface area contributed by atoms with E-state index < -0.39 is 20.0 Å². The van der Waals surface area contributed by atoms with Crippen molar-refractivity contribution in [3.63, 3.8) is 0 Å². The van der Waals surface area contributed by atoms with Crippen LogP contribution in [0, 0.1) is 6.92 Å². The topological polar surface area (TPSA) is 77.5 Å². The maximum atomic E-state index is 10.9. The van der Waals surface area contributed by atoms with Crippen molar-refractivity contribution >= 4 is 30.7 Å². The van der Waals surface area contributed by atoms with Gasteiger partial charge in [0.2, 0.25) is 0 Å². The zero-order chi connectivity index (χ0) is 11.6. The highest BCUT2D eigenvalue weighted by Crippen LogP contribution is 2.24. The first-order chi connectivity index (χ1) is 6.80. The average Bonchev–Trinajstić information content (AvgIpc) is 2.06. The number of aryl methyl sites for hydroxylation is 1. The smallest absolute Gasteiger partial charge is 0.299 e. The Hall–Kier alpha value is -0.790. The van der Waals surface area contributed by atoms with Crippen LogP contribution >= 0.6 is 10.7 Å². The number of thiol groups is 1. The third kappa shape index (κ3) is 3.37. The van der Waals surface area contributed by atoms with E-state index in [0.29, 0.717) is 5.56 Å². The minimum Gasteiger partial charge on any atom is -0.384 e. The molecule has 5 nitrogen and oxygen atoms in total. The Kier molecular flexibility index (Phi) is 3.58. The zero-order valence-electron chi connectivity index (χ0n) is 7.51. The van der Waals surface area contributed by atoms with E-state index in [2.05, 4.69) is 4.18 Å². The van der Waals surface area contributed by atoms with Gasteiger partial charge >= 0.3 is 0 Å². The Morgan fingerprint density at radius 1 is 1.33 bits per heavy atom. The van der Waals surface area contributed by atoms with Gasteiger partial charge < -0.3 is 4.18 Å². The van der Waals surface area contributed by atoms with Crippen LogP contribution in [-0.2, 0) is 20.0 Å². The van der Waals surface area contributed by atoms with Crippen LogP contribution in [0.4, 0.5) is 0 Å². The molecule has 0 saturated heterocycles. The predicted octanol–water partition coefficient (Wildman–Crippen LogP) is 0.828. The van der Waals surface area contributed by atoms with Gasteiger partial charge in [-0.15, -0.1) is 0 Å². The van der Waals surface area contributed by atoms with Gasteiger partial charge in [-0.3, -0.25) is 0 Å². The van der Waals surface area contributed by atoms with Gasteiger partial charge in [-0.2, -0.15) is 8.42 Å². The average molecular weight is 271 g/mol. The number of hydrogen-bond acceptors (Lipinski definition) is 5. The van der Waals surface area contributed by atoms with Crippen LogP contribution in [0.2, 0.25) is 0 Å². The van der Waals surface area contributed by atoms with Gasteiger partial charge in [-0.05, 0) is 18.6 Å². The predicted molar refractivity (Wildman–Crippen MR) is 55.2 cm³/mol. The second-order valence-electron chi connectivity index (χ2n) is 2.68. The van der Waals surface area contributed by atoms with E-state index in [-0.39, 0.29) is 10.6 Å². The lowest BCUT2D eigenvalue weighted by molar-refractivity contribution is 0.507. The molecule has 0 fully saturated rings. The largest absolute Gasteiger partial charge is 0.384 e. The fraction of sp³-hybridized carbons (Fsp3) is 0.143. The van der Waals surface area contributed by atoms with Gasteiger partial charge in [0.1, 0.15) is 5.75 Å². The highest BCUT2D eigenvalue weighted by molar-refractivity contribution is 8.13. The van der Waals surface area contributed by atoms with Crippen molar-refractivity contribution < 1.29 is 21.0 Å². The highest BCUT2D eigenvalue weighted by Gasteiger charge is 2.12. The minimum atomic E-state index is -3.88. The van der Waals surface area contributed by atoms with Crippen molar-refractivity contribution in [2.24, 2.45) is 0 Å². The normalized spacial score (nSPS) is 11.7.